The van der Waals surface area contributed by atoms with E-state index in [2.05, 4.69) is 20.8 Å². The second-order valence-electron chi connectivity index (χ2n) is 4.76. The van der Waals surface area contributed by atoms with Crippen LogP contribution in [0.15, 0.2) is 0 Å². The molecule has 0 aromatic rings. The van der Waals surface area contributed by atoms with Crippen LogP contribution in [0, 0.1) is 11.3 Å². The molecule has 1 aliphatic heterocycles. The molecule has 1 saturated heterocycles. The van der Waals surface area contributed by atoms with Gasteiger partial charge in [-0.25, -0.2) is 0 Å². The number of carbonyl (C=O) groups excluding carboxylic acids is 1. The number of piperidine rings is 1. The minimum Gasteiger partial charge on any atom is -0.345 e. The van der Waals surface area contributed by atoms with Crippen molar-refractivity contribution in [2.24, 2.45) is 11.3 Å². The molecule has 0 N–H and O–H groups in total. The third-order valence-electron chi connectivity index (χ3n) is 3.70. The van der Waals surface area contributed by atoms with Crippen LogP contribution in [-0.4, -0.2) is 24.4 Å². The van der Waals surface area contributed by atoms with Crippen molar-refractivity contribution >= 4 is 6.41 Å². The Morgan fingerprint density at radius 2 is 1.92 bits per heavy atom. The lowest BCUT2D eigenvalue weighted by Gasteiger charge is -2.39. The summed E-state index contributed by atoms with van der Waals surface area (Å²) in [5, 5.41) is 0. The Morgan fingerprint density at radius 1 is 1.38 bits per heavy atom. The molecule has 1 rings (SSSR count). The molecule has 0 saturated carbocycles. The lowest BCUT2D eigenvalue weighted by atomic mass is 9.72. The van der Waals surface area contributed by atoms with Crippen molar-refractivity contribution in [3.63, 3.8) is 0 Å². The molecule has 0 aliphatic carbocycles. The maximum Gasteiger partial charge on any atom is 0.209 e. The fourth-order valence-electron chi connectivity index (χ4n) is 2.08. The van der Waals surface area contributed by atoms with E-state index in [4.69, 9.17) is 0 Å². The maximum atomic E-state index is 10.5. The predicted octanol–water partition coefficient (Wildman–Crippen LogP) is 2.29. The molecule has 76 valence electrons. The van der Waals surface area contributed by atoms with Gasteiger partial charge in [-0.1, -0.05) is 27.2 Å². The van der Waals surface area contributed by atoms with Crippen molar-refractivity contribution < 1.29 is 4.79 Å². The van der Waals surface area contributed by atoms with E-state index in [0.29, 0.717) is 5.41 Å². The molecule has 0 aromatic carbocycles. The van der Waals surface area contributed by atoms with Crippen LogP contribution in [0.5, 0.6) is 0 Å². The van der Waals surface area contributed by atoms with Gasteiger partial charge in [-0.15, -0.1) is 0 Å². The molecule has 1 fully saturated rings. The second-order valence-corrected chi connectivity index (χ2v) is 4.76. The van der Waals surface area contributed by atoms with Gasteiger partial charge < -0.3 is 4.90 Å². The van der Waals surface area contributed by atoms with Crippen molar-refractivity contribution in [1.29, 1.82) is 0 Å². The number of rotatable bonds is 3. The summed E-state index contributed by atoms with van der Waals surface area (Å²) in [6.45, 7) is 8.85. The quantitative estimate of drug-likeness (QED) is 0.615. The average Bonchev–Trinajstić information content (AvgIpc) is 2.18. The minimum absolute atomic E-state index is 0.453. The SMILES string of the molecule is CCC(C)(C)C1CCN(C=O)CC1. The Labute approximate surface area is 81.3 Å². The second kappa shape index (κ2) is 4.12. The lowest BCUT2D eigenvalue weighted by molar-refractivity contribution is -0.119. The fourth-order valence-corrected chi connectivity index (χ4v) is 2.08. The molecule has 1 amide bonds. The number of amides is 1. The molecule has 0 atom stereocenters. The van der Waals surface area contributed by atoms with Gasteiger partial charge in [0, 0.05) is 13.1 Å². The van der Waals surface area contributed by atoms with Crippen LogP contribution in [0.1, 0.15) is 40.0 Å². The van der Waals surface area contributed by atoms with Crippen LogP contribution in [0.4, 0.5) is 0 Å². The first-order valence-corrected chi connectivity index (χ1v) is 5.29. The van der Waals surface area contributed by atoms with Crippen molar-refractivity contribution in [2.75, 3.05) is 13.1 Å². The number of hydrogen-bond acceptors (Lipinski definition) is 1. The summed E-state index contributed by atoms with van der Waals surface area (Å²) >= 11 is 0. The lowest BCUT2D eigenvalue weighted by Crippen LogP contribution is -2.37. The van der Waals surface area contributed by atoms with E-state index in [0.717, 1.165) is 25.4 Å². The van der Waals surface area contributed by atoms with Gasteiger partial charge in [0.2, 0.25) is 6.41 Å². The van der Waals surface area contributed by atoms with Crippen LogP contribution in [0.3, 0.4) is 0 Å². The molecule has 2 heteroatoms. The Kier molecular flexibility index (Phi) is 3.34. The van der Waals surface area contributed by atoms with E-state index >= 15 is 0 Å². The molecule has 2 nitrogen and oxygen atoms in total. The highest BCUT2D eigenvalue weighted by Crippen LogP contribution is 2.37. The van der Waals surface area contributed by atoms with E-state index in [1.807, 2.05) is 4.90 Å². The van der Waals surface area contributed by atoms with Crippen LogP contribution in [0.2, 0.25) is 0 Å². The third-order valence-corrected chi connectivity index (χ3v) is 3.70. The molecule has 0 radical (unpaired) electrons. The maximum absolute atomic E-state index is 10.5. The van der Waals surface area contributed by atoms with E-state index in [9.17, 15) is 4.79 Å². The summed E-state index contributed by atoms with van der Waals surface area (Å²) < 4.78 is 0. The zero-order valence-electron chi connectivity index (χ0n) is 9.05. The zero-order valence-corrected chi connectivity index (χ0v) is 9.05. The number of hydrogen-bond donors (Lipinski definition) is 0. The summed E-state index contributed by atoms with van der Waals surface area (Å²) in [6, 6.07) is 0. The van der Waals surface area contributed by atoms with Gasteiger partial charge in [-0.3, -0.25) is 4.79 Å². The van der Waals surface area contributed by atoms with E-state index in [1.165, 1.54) is 19.3 Å². The predicted molar refractivity (Wildman–Crippen MR) is 54.4 cm³/mol. The van der Waals surface area contributed by atoms with Crippen LogP contribution in [0.25, 0.3) is 0 Å². The Balaban J connectivity index is 2.44. The Bertz CT molecular complexity index is 169. The number of likely N-dealkylation sites (tertiary alicyclic amines) is 1. The summed E-state index contributed by atoms with van der Waals surface area (Å²) in [7, 11) is 0. The van der Waals surface area contributed by atoms with Gasteiger partial charge >= 0.3 is 0 Å². The number of carbonyl (C=O) groups is 1. The highest BCUT2D eigenvalue weighted by molar-refractivity contribution is 5.47. The molecule has 1 aliphatic rings. The topological polar surface area (TPSA) is 20.3 Å². The summed E-state index contributed by atoms with van der Waals surface area (Å²) in [4.78, 5) is 12.4. The van der Waals surface area contributed by atoms with Gasteiger partial charge in [-0.2, -0.15) is 0 Å². The molecule has 0 bridgehead atoms. The summed E-state index contributed by atoms with van der Waals surface area (Å²) in [5.41, 5.74) is 0.453. The van der Waals surface area contributed by atoms with Crippen molar-refractivity contribution in [3.05, 3.63) is 0 Å². The van der Waals surface area contributed by atoms with Crippen LogP contribution >= 0.6 is 0 Å². The van der Waals surface area contributed by atoms with Crippen LogP contribution < -0.4 is 0 Å². The van der Waals surface area contributed by atoms with Crippen molar-refractivity contribution in [3.8, 4) is 0 Å². The van der Waals surface area contributed by atoms with Gasteiger partial charge in [-0.05, 0) is 24.2 Å². The fraction of sp³-hybridized carbons (Fsp3) is 0.909. The largest absolute Gasteiger partial charge is 0.345 e. The monoisotopic (exact) mass is 183 g/mol. The third kappa shape index (κ3) is 2.45. The molecular formula is C11H21NO. The highest BCUT2D eigenvalue weighted by Gasteiger charge is 2.30. The van der Waals surface area contributed by atoms with Gasteiger partial charge in [0.25, 0.3) is 0 Å². The summed E-state index contributed by atoms with van der Waals surface area (Å²) in [5.74, 6) is 0.800. The average molecular weight is 183 g/mol. The molecule has 0 unspecified atom stereocenters. The molecule has 1 heterocycles. The first-order chi connectivity index (χ1) is 6.10. The number of nitrogens with zero attached hydrogens (tertiary/aromatic N) is 1. The molecule has 0 spiro atoms. The van der Waals surface area contributed by atoms with Gasteiger partial charge in [0.05, 0.1) is 0 Å². The standard InChI is InChI=1S/C11H21NO/c1-4-11(2,3)10-5-7-12(9-13)8-6-10/h9-10H,4-8H2,1-3H3. The zero-order chi connectivity index (χ0) is 9.90. The Morgan fingerprint density at radius 3 is 2.31 bits per heavy atom. The smallest absolute Gasteiger partial charge is 0.209 e. The first kappa shape index (κ1) is 10.6. The van der Waals surface area contributed by atoms with E-state index in [-0.39, 0.29) is 0 Å². The molecular weight excluding hydrogens is 162 g/mol. The molecule has 13 heavy (non-hydrogen) atoms. The van der Waals surface area contributed by atoms with E-state index < -0.39 is 0 Å². The van der Waals surface area contributed by atoms with Gasteiger partial charge in [0.15, 0.2) is 0 Å². The van der Waals surface area contributed by atoms with Crippen molar-refractivity contribution in [1.82, 2.24) is 4.90 Å². The summed E-state index contributed by atoms with van der Waals surface area (Å²) in [6.07, 6.45) is 4.58. The van der Waals surface area contributed by atoms with E-state index in [1.54, 1.807) is 0 Å². The van der Waals surface area contributed by atoms with Crippen molar-refractivity contribution in [2.45, 2.75) is 40.0 Å². The van der Waals surface area contributed by atoms with Gasteiger partial charge in [0.1, 0.15) is 0 Å². The normalized spacial score (nSPS) is 20.4. The van der Waals surface area contributed by atoms with Crippen LogP contribution in [-0.2, 0) is 4.79 Å². The highest BCUT2D eigenvalue weighted by atomic mass is 16.1. The molecule has 0 aromatic heterocycles. The minimum atomic E-state index is 0.453. The first-order valence-electron chi connectivity index (χ1n) is 5.29. The Hall–Kier alpha value is -0.530.